The summed E-state index contributed by atoms with van der Waals surface area (Å²) in [4.78, 5) is 8.61. The van der Waals surface area contributed by atoms with E-state index in [4.69, 9.17) is 0 Å². The summed E-state index contributed by atoms with van der Waals surface area (Å²) in [6.07, 6.45) is 3.32. The lowest BCUT2D eigenvalue weighted by Crippen LogP contribution is -2.17. The molecule has 1 aromatic carbocycles. The maximum atomic E-state index is 4.32. The molecule has 14 heavy (non-hydrogen) atoms. The van der Waals surface area contributed by atoms with Crippen molar-refractivity contribution < 1.29 is 0 Å². The van der Waals surface area contributed by atoms with Gasteiger partial charge in [0.15, 0.2) is 0 Å². The van der Waals surface area contributed by atoms with Gasteiger partial charge in [0.25, 0.3) is 0 Å². The molecule has 0 aliphatic carbocycles. The van der Waals surface area contributed by atoms with Crippen LogP contribution in [-0.2, 0) is 0 Å². The van der Waals surface area contributed by atoms with Gasteiger partial charge in [-0.05, 0) is 6.07 Å². The molecule has 0 saturated carbocycles. The summed E-state index contributed by atoms with van der Waals surface area (Å²) < 4.78 is 2.20. The predicted molar refractivity (Wildman–Crippen MR) is 56.8 cm³/mol. The first kappa shape index (κ1) is 7.68. The van der Waals surface area contributed by atoms with Crippen LogP contribution < -0.4 is 10.0 Å². The van der Waals surface area contributed by atoms with Crippen LogP contribution in [0, 0.1) is 0 Å². The van der Waals surface area contributed by atoms with Crippen molar-refractivity contribution in [3.05, 3.63) is 52.4 Å². The molecule has 0 amide bonds. The highest BCUT2D eigenvalue weighted by atomic mass is 32.1. The van der Waals surface area contributed by atoms with E-state index in [-0.39, 0.29) is 0 Å². The van der Waals surface area contributed by atoms with Crippen LogP contribution in [0.4, 0.5) is 0 Å². The van der Waals surface area contributed by atoms with Crippen molar-refractivity contribution in [1.82, 2.24) is 0 Å². The number of benzene rings is 1. The van der Waals surface area contributed by atoms with E-state index in [1.54, 1.807) is 23.7 Å². The molecule has 66 valence electrons. The lowest BCUT2D eigenvalue weighted by Gasteiger charge is -1.83. The van der Waals surface area contributed by atoms with E-state index in [9.17, 15) is 0 Å². The van der Waals surface area contributed by atoms with Gasteiger partial charge in [-0.25, -0.2) is 9.98 Å². The van der Waals surface area contributed by atoms with Gasteiger partial charge in [-0.15, -0.1) is 11.3 Å². The molecule has 0 radical (unpaired) electrons. The highest BCUT2D eigenvalue weighted by Gasteiger charge is 2.01. The summed E-state index contributed by atoms with van der Waals surface area (Å²) in [6.45, 7) is 0. The zero-order valence-corrected chi connectivity index (χ0v) is 8.08. The van der Waals surface area contributed by atoms with Gasteiger partial charge < -0.3 is 0 Å². The lowest BCUT2D eigenvalue weighted by atomic mass is 10.2. The molecule has 3 rings (SSSR count). The quantitative estimate of drug-likeness (QED) is 0.576. The third-order valence-corrected chi connectivity index (χ3v) is 3.14. The Morgan fingerprint density at radius 1 is 1.07 bits per heavy atom. The Kier molecular flexibility index (Phi) is 1.60. The Morgan fingerprint density at radius 3 is 2.93 bits per heavy atom. The number of hydrogen-bond donors (Lipinski definition) is 0. The van der Waals surface area contributed by atoms with Crippen molar-refractivity contribution in [2.45, 2.75) is 0 Å². The normalized spacial score (nSPS) is 13.1. The van der Waals surface area contributed by atoms with E-state index in [0.717, 1.165) is 10.0 Å². The van der Waals surface area contributed by atoms with Gasteiger partial charge >= 0.3 is 0 Å². The summed E-state index contributed by atoms with van der Waals surface area (Å²) in [6, 6.07) is 8.21. The molecule has 0 spiro atoms. The fourth-order valence-electron chi connectivity index (χ4n) is 1.46. The summed E-state index contributed by atoms with van der Waals surface area (Å²) >= 11 is 1.66. The second kappa shape index (κ2) is 2.91. The Balaban J connectivity index is 2.63. The molecule has 0 saturated heterocycles. The second-order valence-electron chi connectivity index (χ2n) is 2.94. The molecule has 2 heterocycles. The van der Waals surface area contributed by atoms with Crippen LogP contribution in [0.15, 0.2) is 52.4 Å². The van der Waals surface area contributed by atoms with Gasteiger partial charge in [0.05, 0.1) is 12.4 Å². The average Bonchev–Trinajstić information content (AvgIpc) is 2.42. The maximum absolute atomic E-state index is 4.32. The molecular formula is C11H6N2S. The van der Waals surface area contributed by atoms with Crippen LogP contribution in [0.2, 0.25) is 0 Å². The van der Waals surface area contributed by atoms with Crippen molar-refractivity contribution in [3.8, 4) is 0 Å². The fraction of sp³-hybridized carbons (Fsp3) is 0. The Labute approximate surface area is 84.3 Å². The van der Waals surface area contributed by atoms with Crippen molar-refractivity contribution in [2.24, 2.45) is 9.98 Å². The molecule has 0 atom stereocenters. The van der Waals surface area contributed by atoms with Crippen molar-refractivity contribution in [2.75, 3.05) is 0 Å². The maximum Gasteiger partial charge on any atom is 0.143 e. The monoisotopic (exact) mass is 198 g/mol. The van der Waals surface area contributed by atoms with E-state index in [2.05, 4.69) is 27.8 Å². The molecular weight excluding hydrogens is 192 g/mol. The van der Waals surface area contributed by atoms with Crippen LogP contribution in [0.1, 0.15) is 0 Å². The molecule has 0 fully saturated rings. The van der Waals surface area contributed by atoms with E-state index in [1.807, 2.05) is 12.1 Å². The standard InChI is InChI=1S/C11H6N2S/c1-2-5-9-8(4-1)10-11(14-9)13-7-3-6-12-10/h1-2,4-7H. The number of thiophene rings is 1. The van der Waals surface area contributed by atoms with E-state index >= 15 is 0 Å². The Morgan fingerprint density at radius 2 is 1.93 bits per heavy atom. The van der Waals surface area contributed by atoms with Gasteiger partial charge in [-0.1, -0.05) is 23.9 Å². The third-order valence-electron chi connectivity index (χ3n) is 2.08. The summed E-state index contributed by atoms with van der Waals surface area (Å²) in [5.41, 5.74) is 2.87. The van der Waals surface area contributed by atoms with Gasteiger partial charge in [-0.3, -0.25) is 0 Å². The van der Waals surface area contributed by atoms with Crippen molar-refractivity contribution >= 4 is 21.4 Å². The number of fused-ring (bicyclic) bond motifs is 3. The summed E-state index contributed by atoms with van der Waals surface area (Å²) in [5, 5.41) is 2.14. The molecule has 1 aliphatic rings. The topological polar surface area (TPSA) is 24.7 Å². The van der Waals surface area contributed by atoms with Crippen LogP contribution in [0.3, 0.4) is 0 Å². The summed E-state index contributed by atoms with van der Waals surface area (Å²) in [7, 11) is 0. The van der Waals surface area contributed by atoms with Gasteiger partial charge in [0, 0.05) is 10.1 Å². The third kappa shape index (κ3) is 1.04. The van der Waals surface area contributed by atoms with Crippen LogP contribution in [-0.4, -0.2) is 0 Å². The van der Waals surface area contributed by atoms with Crippen LogP contribution in [0.25, 0.3) is 10.1 Å². The molecule has 0 unspecified atom stereocenters. The first-order valence-corrected chi connectivity index (χ1v) is 5.09. The van der Waals surface area contributed by atoms with E-state index in [1.165, 1.54) is 10.1 Å². The minimum Gasteiger partial charge on any atom is -0.245 e. The molecule has 0 N–H and O–H groups in total. The molecule has 3 heteroatoms. The minimum atomic E-state index is 0.965. The van der Waals surface area contributed by atoms with Gasteiger partial charge in [-0.2, -0.15) is 0 Å². The number of rotatable bonds is 0. The first-order valence-electron chi connectivity index (χ1n) is 4.28. The number of hydrogen-bond acceptors (Lipinski definition) is 3. The number of nitrogens with zero attached hydrogens (tertiary/aromatic N) is 2. The SMILES string of the molecule is C1=CN=c2sc3ccccc3c2=NC=1. The second-order valence-corrected chi connectivity index (χ2v) is 3.97. The lowest BCUT2D eigenvalue weighted by molar-refractivity contribution is 1.33. The van der Waals surface area contributed by atoms with Crippen molar-refractivity contribution in [1.29, 1.82) is 0 Å². The Bertz CT molecular complexity index is 673. The zero-order chi connectivity index (χ0) is 9.38. The van der Waals surface area contributed by atoms with Crippen molar-refractivity contribution in [3.63, 3.8) is 0 Å². The minimum absolute atomic E-state index is 0.965. The van der Waals surface area contributed by atoms with E-state index in [0.29, 0.717) is 0 Å². The fourth-order valence-corrected chi connectivity index (χ4v) is 2.46. The van der Waals surface area contributed by atoms with Crippen LogP contribution in [0.5, 0.6) is 0 Å². The molecule has 2 nitrogen and oxygen atoms in total. The summed E-state index contributed by atoms with van der Waals surface area (Å²) in [5.74, 6) is 0. The van der Waals surface area contributed by atoms with Crippen LogP contribution >= 0.6 is 11.3 Å². The smallest absolute Gasteiger partial charge is 0.143 e. The van der Waals surface area contributed by atoms with Gasteiger partial charge in [0.2, 0.25) is 0 Å². The highest BCUT2D eigenvalue weighted by molar-refractivity contribution is 7.16. The molecule has 0 bridgehead atoms. The van der Waals surface area contributed by atoms with Gasteiger partial charge in [0.1, 0.15) is 10.0 Å². The highest BCUT2D eigenvalue weighted by Crippen LogP contribution is 2.12. The molecule has 2 aromatic rings. The predicted octanol–water partition coefficient (Wildman–Crippen LogP) is 1.78. The Hall–Kier alpha value is -1.70. The largest absolute Gasteiger partial charge is 0.245 e. The molecule has 1 aromatic heterocycles. The molecule has 1 aliphatic heterocycles. The first-order chi connectivity index (χ1) is 6.95. The zero-order valence-electron chi connectivity index (χ0n) is 7.27. The average molecular weight is 198 g/mol. The van der Waals surface area contributed by atoms with E-state index < -0.39 is 0 Å².